The molecule has 0 unspecified atom stereocenters. The van der Waals surface area contributed by atoms with Crippen LogP contribution in [-0.4, -0.2) is 12.5 Å². The number of nitrogens with one attached hydrogen (secondary N) is 1. The Balaban J connectivity index is 2.07. The van der Waals surface area contributed by atoms with Crippen molar-refractivity contribution < 1.29 is 13.6 Å². The van der Waals surface area contributed by atoms with Crippen LogP contribution in [0.3, 0.4) is 0 Å². The average Bonchev–Trinajstić information content (AvgIpc) is 2.91. The van der Waals surface area contributed by atoms with Gasteiger partial charge in [0.25, 0.3) is 5.91 Å². The van der Waals surface area contributed by atoms with Gasteiger partial charge in [0, 0.05) is 17.7 Å². The first-order valence-electron chi connectivity index (χ1n) is 6.11. The Bertz CT molecular complexity index is 716. The SMILES string of the molecule is NCC#Cc1ccc(F)c(CNC(=O)c2ccc(Cl)o2)c1. The lowest BCUT2D eigenvalue weighted by atomic mass is 10.1. The molecular formula is C15H12ClFN2O2. The summed E-state index contributed by atoms with van der Waals surface area (Å²) in [4.78, 5) is 11.8. The van der Waals surface area contributed by atoms with Crippen molar-refractivity contribution in [2.45, 2.75) is 6.54 Å². The topological polar surface area (TPSA) is 68.3 Å². The van der Waals surface area contributed by atoms with Gasteiger partial charge in [0.1, 0.15) is 5.82 Å². The summed E-state index contributed by atoms with van der Waals surface area (Å²) in [6, 6.07) is 7.31. The Morgan fingerprint density at radius 2 is 2.19 bits per heavy atom. The van der Waals surface area contributed by atoms with Gasteiger partial charge < -0.3 is 15.5 Å². The smallest absolute Gasteiger partial charge is 0.287 e. The summed E-state index contributed by atoms with van der Waals surface area (Å²) in [5.74, 6) is 4.66. The molecule has 0 saturated heterocycles. The molecule has 108 valence electrons. The first-order valence-corrected chi connectivity index (χ1v) is 6.49. The Morgan fingerprint density at radius 3 is 2.86 bits per heavy atom. The highest BCUT2D eigenvalue weighted by Gasteiger charge is 2.11. The number of hydrogen-bond donors (Lipinski definition) is 2. The number of carbonyl (C=O) groups is 1. The van der Waals surface area contributed by atoms with Crippen LogP contribution in [0.2, 0.25) is 5.22 Å². The summed E-state index contributed by atoms with van der Waals surface area (Å²) in [7, 11) is 0. The maximum atomic E-state index is 13.7. The van der Waals surface area contributed by atoms with E-state index in [0.29, 0.717) is 11.1 Å². The quantitative estimate of drug-likeness (QED) is 0.855. The van der Waals surface area contributed by atoms with Crippen LogP contribution in [0.15, 0.2) is 34.7 Å². The zero-order valence-corrected chi connectivity index (χ0v) is 11.7. The summed E-state index contributed by atoms with van der Waals surface area (Å²) >= 11 is 5.58. The summed E-state index contributed by atoms with van der Waals surface area (Å²) in [5.41, 5.74) is 6.24. The van der Waals surface area contributed by atoms with E-state index in [1.807, 2.05) is 0 Å². The van der Waals surface area contributed by atoms with Crippen molar-refractivity contribution in [2.24, 2.45) is 5.73 Å². The van der Waals surface area contributed by atoms with Gasteiger partial charge in [0.2, 0.25) is 0 Å². The van der Waals surface area contributed by atoms with Crippen molar-refractivity contribution in [1.82, 2.24) is 5.32 Å². The average molecular weight is 307 g/mol. The highest BCUT2D eigenvalue weighted by molar-refractivity contribution is 6.29. The first kappa shape index (κ1) is 15.1. The zero-order chi connectivity index (χ0) is 15.2. The van der Waals surface area contributed by atoms with Crippen LogP contribution in [0.5, 0.6) is 0 Å². The Kier molecular flexibility index (Phi) is 4.99. The monoisotopic (exact) mass is 306 g/mol. The molecule has 1 heterocycles. The van der Waals surface area contributed by atoms with Gasteiger partial charge in [0.15, 0.2) is 11.0 Å². The van der Waals surface area contributed by atoms with Crippen molar-refractivity contribution in [3.8, 4) is 11.8 Å². The molecule has 0 spiro atoms. The summed E-state index contributed by atoms with van der Waals surface area (Å²) in [6.45, 7) is 0.240. The molecule has 0 radical (unpaired) electrons. The van der Waals surface area contributed by atoms with E-state index in [9.17, 15) is 9.18 Å². The van der Waals surface area contributed by atoms with E-state index in [1.54, 1.807) is 12.1 Å². The second-order valence-corrected chi connectivity index (χ2v) is 4.47. The minimum absolute atomic E-state index is 0.0150. The number of amides is 1. The van der Waals surface area contributed by atoms with Gasteiger partial charge in [-0.25, -0.2) is 4.39 Å². The molecule has 1 aromatic heterocycles. The van der Waals surface area contributed by atoms with Gasteiger partial charge in [-0.1, -0.05) is 11.8 Å². The van der Waals surface area contributed by atoms with E-state index in [-0.39, 0.29) is 24.1 Å². The summed E-state index contributed by atoms with van der Waals surface area (Å²) in [6.07, 6.45) is 0. The fraction of sp³-hybridized carbons (Fsp3) is 0.133. The van der Waals surface area contributed by atoms with E-state index in [2.05, 4.69) is 17.2 Å². The van der Waals surface area contributed by atoms with Gasteiger partial charge in [-0.3, -0.25) is 4.79 Å². The third-order valence-electron chi connectivity index (χ3n) is 2.62. The molecule has 3 N–H and O–H groups in total. The zero-order valence-electron chi connectivity index (χ0n) is 11.0. The molecule has 21 heavy (non-hydrogen) atoms. The number of carbonyl (C=O) groups excluding carboxylic acids is 1. The van der Waals surface area contributed by atoms with Gasteiger partial charge in [-0.15, -0.1) is 0 Å². The maximum absolute atomic E-state index is 13.7. The van der Waals surface area contributed by atoms with E-state index < -0.39 is 11.7 Å². The molecule has 2 aromatic rings. The predicted molar refractivity (Wildman–Crippen MR) is 77.2 cm³/mol. The Hall–Kier alpha value is -2.29. The van der Waals surface area contributed by atoms with Crippen LogP contribution in [0.4, 0.5) is 4.39 Å². The van der Waals surface area contributed by atoms with E-state index in [1.165, 1.54) is 18.2 Å². The Morgan fingerprint density at radius 1 is 1.38 bits per heavy atom. The van der Waals surface area contributed by atoms with Crippen molar-refractivity contribution in [2.75, 3.05) is 6.54 Å². The van der Waals surface area contributed by atoms with Crippen molar-refractivity contribution in [3.63, 3.8) is 0 Å². The second-order valence-electron chi connectivity index (χ2n) is 4.10. The van der Waals surface area contributed by atoms with Crippen LogP contribution in [0.1, 0.15) is 21.7 Å². The molecule has 1 aromatic carbocycles. The largest absolute Gasteiger partial charge is 0.440 e. The van der Waals surface area contributed by atoms with Crippen LogP contribution in [0, 0.1) is 17.7 Å². The minimum Gasteiger partial charge on any atom is -0.440 e. The molecule has 0 aliphatic heterocycles. The van der Waals surface area contributed by atoms with Crippen LogP contribution >= 0.6 is 11.6 Å². The van der Waals surface area contributed by atoms with E-state index in [4.69, 9.17) is 21.8 Å². The third-order valence-corrected chi connectivity index (χ3v) is 2.82. The Labute approximate surface area is 126 Å². The van der Waals surface area contributed by atoms with E-state index >= 15 is 0 Å². The number of hydrogen-bond acceptors (Lipinski definition) is 3. The number of furan rings is 1. The third kappa shape index (κ3) is 4.09. The van der Waals surface area contributed by atoms with Crippen LogP contribution in [0.25, 0.3) is 0 Å². The van der Waals surface area contributed by atoms with Gasteiger partial charge in [-0.2, -0.15) is 0 Å². The summed E-state index contributed by atoms with van der Waals surface area (Å²) < 4.78 is 18.6. The standard InChI is InChI=1S/C15H12ClFN2O2/c16-14-6-5-13(21-14)15(20)19-9-11-8-10(2-1-7-18)3-4-12(11)17/h3-6,8H,7,9,18H2,(H,19,20). The molecule has 2 rings (SSSR count). The molecular weight excluding hydrogens is 295 g/mol. The predicted octanol–water partition coefficient (Wildman–Crippen LogP) is 2.31. The fourth-order valence-corrected chi connectivity index (χ4v) is 1.79. The molecule has 0 bridgehead atoms. The van der Waals surface area contributed by atoms with Gasteiger partial charge in [0.05, 0.1) is 6.54 Å². The number of benzene rings is 1. The molecule has 0 saturated carbocycles. The maximum Gasteiger partial charge on any atom is 0.287 e. The second kappa shape index (κ2) is 6.93. The minimum atomic E-state index is -0.472. The molecule has 0 atom stereocenters. The molecule has 1 amide bonds. The number of nitrogens with two attached hydrogens (primary N) is 1. The molecule has 6 heteroatoms. The number of halogens is 2. The normalized spacial score (nSPS) is 9.86. The van der Waals surface area contributed by atoms with Crippen molar-refractivity contribution in [1.29, 1.82) is 0 Å². The van der Waals surface area contributed by atoms with Gasteiger partial charge >= 0.3 is 0 Å². The lowest BCUT2D eigenvalue weighted by Gasteiger charge is -2.05. The highest BCUT2D eigenvalue weighted by atomic mass is 35.5. The molecule has 0 fully saturated rings. The lowest BCUT2D eigenvalue weighted by molar-refractivity contribution is 0.0923. The highest BCUT2D eigenvalue weighted by Crippen LogP contribution is 2.14. The van der Waals surface area contributed by atoms with Crippen LogP contribution < -0.4 is 11.1 Å². The van der Waals surface area contributed by atoms with Crippen molar-refractivity contribution in [3.05, 3.63) is 58.3 Å². The molecule has 0 aliphatic rings. The number of rotatable bonds is 3. The lowest BCUT2D eigenvalue weighted by Crippen LogP contribution is -2.22. The van der Waals surface area contributed by atoms with Crippen LogP contribution in [-0.2, 0) is 6.54 Å². The van der Waals surface area contributed by atoms with Gasteiger partial charge in [-0.05, 0) is 41.9 Å². The molecule has 0 aliphatic carbocycles. The summed E-state index contributed by atoms with van der Waals surface area (Å²) in [5, 5.41) is 2.66. The first-order chi connectivity index (χ1) is 10.1. The molecule has 4 nitrogen and oxygen atoms in total. The fourth-order valence-electron chi connectivity index (χ4n) is 1.64. The van der Waals surface area contributed by atoms with Crippen molar-refractivity contribution >= 4 is 17.5 Å². The van der Waals surface area contributed by atoms with E-state index in [0.717, 1.165) is 0 Å².